The van der Waals surface area contributed by atoms with E-state index in [1.54, 1.807) is 11.0 Å². The van der Waals surface area contributed by atoms with E-state index >= 15 is 0 Å². The van der Waals surface area contributed by atoms with Gasteiger partial charge < -0.3 is 10.2 Å². The molecule has 0 aliphatic rings. The lowest BCUT2D eigenvalue weighted by Crippen LogP contribution is -2.41. The van der Waals surface area contributed by atoms with Gasteiger partial charge in [-0.05, 0) is 40.9 Å². The molecule has 5 heteroatoms. The van der Waals surface area contributed by atoms with E-state index < -0.39 is 0 Å². The number of rotatable bonds is 7. The summed E-state index contributed by atoms with van der Waals surface area (Å²) in [7, 11) is 0. The zero-order valence-electron chi connectivity index (χ0n) is 12.0. The molecule has 0 heterocycles. The van der Waals surface area contributed by atoms with E-state index in [4.69, 9.17) is 0 Å². The first-order valence-corrected chi connectivity index (χ1v) is 7.69. The number of nitrogens with one attached hydrogen (secondary N) is 1. The Morgan fingerprint density at radius 2 is 1.90 bits per heavy atom. The summed E-state index contributed by atoms with van der Waals surface area (Å²) < 4.78 is 0.750. The van der Waals surface area contributed by atoms with E-state index in [9.17, 15) is 9.59 Å². The fourth-order valence-electron chi connectivity index (χ4n) is 1.82. The lowest BCUT2D eigenvalue weighted by Gasteiger charge is -2.22. The third-order valence-electron chi connectivity index (χ3n) is 2.79. The van der Waals surface area contributed by atoms with Crippen molar-refractivity contribution >= 4 is 27.7 Å². The van der Waals surface area contributed by atoms with Gasteiger partial charge in [-0.3, -0.25) is 9.59 Å². The van der Waals surface area contributed by atoms with Crippen LogP contribution in [-0.2, 0) is 4.79 Å². The summed E-state index contributed by atoms with van der Waals surface area (Å²) >= 11 is 3.38. The largest absolute Gasteiger partial charge is 0.355 e. The van der Waals surface area contributed by atoms with Crippen LogP contribution in [0.1, 0.15) is 37.0 Å². The maximum Gasteiger partial charge on any atom is 0.255 e. The van der Waals surface area contributed by atoms with Crippen LogP contribution in [0, 0.1) is 0 Å². The molecule has 110 valence electrons. The minimum Gasteiger partial charge on any atom is -0.355 e. The van der Waals surface area contributed by atoms with E-state index in [-0.39, 0.29) is 18.4 Å². The second-order valence-corrected chi connectivity index (χ2v) is 5.41. The number of carbonyl (C=O) groups excluding carboxylic acids is 2. The monoisotopic (exact) mass is 340 g/mol. The summed E-state index contributed by atoms with van der Waals surface area (Å²) in [6.45, 7) is 5.30. The van der Waals surface area contributed by atoms with Crippen molar-refractivity contribution in [1.82, 2.24) is 10.2 Å². The summed E-state index contributed by atoms with van der Waals surface area (Å²) in [5.74, 6) is -0.230. The summed E-state index contributed by atoms with van der Waals surface area (Å²) in [6, 6.07) is 7.27. The molecule has 0 spiro atoms. The Labute approximate surface area is 128 Å². The number of benzene rings is 1. The molecule has 20 heavy (non-hydrogen) atoms. The first-order valence-electron chi connectivity index (χ1n) is 6.90. The highest BCUT2D eigenvalue weighted by Gasteiger charge is 2.19. The first-order chi connectivity index (χ1) is 9.60. The molecular weight excluding hydrogens is 320 g/mol. The second kappa shape index (κ2) is 8.74. The highest BCUT2D eigenvalue weighted by atomic mass is 79.9. The number of hydrogen-bond donors (Lipinski definition) is 1. The molecule has 1 N–H and O–H groups in total. The van der Waals surface area contributed by atoms with Crippen molar-refractivity contribution in [3.63, 3.8) is 0 Å². The van der Waals surface area contributed by atoms with Gasteiger partial charge in [0, 0.05) is 17.6 Å². The maximum atomic E-state index is 12.5. The van der Waals surface area contributed by atoms with Gasteiger partial charge in [-0.2, -0.15) is 0 Å². The quantitative estimate of drug-likeness (QED) is 0.829. The molecule has 0 aliphatic heterocycles. The number of carbonyl (C=O) groups is 2. The number of amides is 2. The molecule has 0 aliphatic carbocycles. The molecule has 1 aromatic carbocycles. The van der Waals surface area contributed by atoms with Gasteiger partial charge in [0.1, 0.15) is 0 Å². The second-order valence-electron chi connectivity index (χ2n) is 4.56. The summed E-state index contributed by atoms with van der Waals surface area (Å²) in [6.07, 6.45) is 1.70. The Kier molecular flexibility index (Phi) is 7.30. The molecule has 1 aromatic rings. The van der Waals surface area contributed by atoms with Crippen molar-refractivity contribution in [2.45, 2.75) is 26.7 Å². The average Bonchev–Trinajstić information content (AvgIpc) is 2.44. The first kappa shape index (κ1) is 16.7. The molecular formula is C15H21BrN2O2. The summed E-state index contributed by atoms with van der Waals surface area (Å²) in [5, 5.41) is 2.80. The van der Waals surface area contributed by atoms with Crippen molar-refractivity contribution in [3.8, 4) is 0 Å². The lowest BCUT2D eigenvalue weighted by molar-refractivity contribution is -0.121. The van der Waals surface area contributed by atoms with Crippen LogP contribution < -0.4 is 5.32 Å². The van der Waals surface area contributed by atoms with Gasteiger partial charge >= 0.3 is 0 Å². The normalized spacial score (nSPS) is 10.2. The van der Waals surface area contributed by atoms with Crippen LogP contribution in [0.25, 0.3) is 0 Å². The SMILES string of the molecule is CCCNC(=O)CN(CCC)C(=O)c1ccccc1Br. The van der Waals surface area contributed by atoms with E-state index in [1.807, 2.05) is 32.0 Å². The predicted molar refractivity (Wildman–Crippen MR) is 83.6 cm³/mol. The zero-order valence-corrected chi connectivity index (χ0v) is 13.6. The fourth-order valence-corrected chi connectivity index (χ4v) is 2.28. The van der Waals surface area contributed by atoms with E-state index in [0.717, 1.165) is 17.3 Å². The van der Waals surface area contributed by atoms with Crippen LogP contribution in [0.15, 0.2) is 28.7 Å². The minimum atomic E-state index is -0.119. The van der Waals surface area contributed by atoms with Crippen molar-refractivity contribution in [2.75, 3.05) is 19.6 Å². The highest BCUT2D eigenvalue weighted by Crippen LogP contribution is 2.18. The number of hydrogen-bond acceptors (Lipinski definition) is 2. The van der Waals surface area contributed by atoms with Crippen LogP contribution in [0.4, 0.5) is 0 Å². The molecule has 0 unspecified atom stereocenters. The van der Waals surface area contributed by atoms with Gasteiger partial charge in [0.05, 0.1) is 12.1 Å². The predicted octanol–water partition coefficient (Wildman–Crippen LogP) is 2.83. The summed E-state index contributed by atoms with van der Waals surface area (Å²) in [4.78, 5) is 25.9. The van der Waals surface area contributed by atoms with Crippen LogP contribution in [-0.4, -0.2) is 36.3 Å². The smallest absolute Gasteiger partial charge is 0.255 e. The van der Waals surface area contributed by atoms with Gasteiger partial charge in [0.15, 0.2) is 0 Å². The third kappa shape index (κ3) is 4.96. The molecule has 4 nitrogen and oxygen atoms in total. The van der Waals surface area contributed by atoms with Crippen LogP contribution in [0.2, 0.25) is 0 Å². The minimum absolute atomic E-state index is 0.105. The third-order valence-corrected chi connectivity index (χ3v) is 3.48. The summed E-state index contributed by atoms with van der Waals surface area (Å²) in [5.41, 5.74) is 0.587. The zero-order chi connectivity index (χ0) is 15.0. The Bertz CT molecular complexity index is 463. The maximum absolute atomic E-state index is 12.5. The molecule has 0 saturated carbocycles. The number of halogens is 1. The van der Waals surface area contributed by atoms with Crippen LogP contribution in [0.3, 0.4) is 0 Å². The average molecular weight is 341 g/mol. The number of nitrogens with zero attached hydrogens (tertiary/aromatic N) is 1. The Hall–Kier alpha value is -1.36. The van der Waals surface area contributed by atoms with Crippen molar-refractivity contribution in [2.24, 2.45) is 0 Å². The van der Waals surface area contributed by atoms with Gasteiger partial charge in [-0.25, -0.2) is 0 Å². The van der Waals surface area contributed by atoms with Crippen LogP contribution >= 0.6 is 15.9 Å². The molecule has 1 rings (SSSR count). The molecule has 0 bridgehead atoms. The fraction of sp³-hybridized carbons (Fsp3) is 0.467. The van der Waals surface area contributed by atoms with Crippen molar-refractivity contribution < 1.29 is 9.59 Å². The highest BCUT2D eigenvalue weighted by molar-refractivity contribution is 9.10. The van der Waals surface area contributed by atoms with Crippen molar-refractivity contribution in [1.29, 1.82) is 0 Å². The van der Waals surface area contributed by atoms with Crippen LogP contribution in [0.5, 0.6) is 0 Å². The molecule has 0 radical (unpaired) electrons. The topological polar surface area (TPSA) is 49.4 Å². The van der Waals surface area contributed by atoms with Crippen molar-refractivity contribution in [3.05, 3.63) is 34.3 Å². The Morgan fingerprint density at radius 3 is 2.50 bits per heavy atom. The van der Waals surface area contributed by atoms with E-state index in [1.165, 1.54) is 0 Å². The molecule has 0 fully saturated rings. The lowest BCUT2D eigenvalue weighted by atomic mass is 10.2. The Balaban J connectivity index is 2.77. The van der Waals surface area contributed by atoms with Gasteiger partial charge in [-0.1, -0.05) is 26.0 Å². The Morgan fingerprint density at radius 1 is 1.20 bits per heavy atom. The van der Waals surface area contributed by atoms with Gasteiger partial charge in [-0.15, -0.1) is 0 Å². The van der Waals surface area contributed by atoms with Gasteiger partial charge in [0.25, 0.3) is 5.91 Å². The molecule has 0 atom stereocenters. The standard InChI is InChI=1S/C15H21BrN2O2/c1-3-9-17-14(19)11-18(10-4-2)15(20)12-7-5-6-8-13(12)16/h5-8H,3-4,9-11H2,1-2H3,(H,17,19). The van der Waals surface area contributed by atoms with E-state index in [2.05, 4.69) is 21.2 Å². The molecule has 0 aromatic heterocycles. The molecule has 0 saturated heterocycles. The van der Waals surface area contributed by atoms with Gasteiger partial charge in [0.2, 0.25) is 5.91 Å². The molecule has 2 amide bonds. The van der Waals surface area contributed by atoms with E-state index in [0.29, 0.717) is 18.7 Å².